The second kappa shape index (κ2) is 10.7. The molecule has 3 nitrogen and oxygen atoms in total. The molecule has 0 spiro atoms. The Labute approximate surface area is 151 Å². The summed E-state index contributed by atoms with van der Waals surface area (Å²) in [5.74, 6) is -0.0859. The Morgan fingerprint density at radius 1 is 0.960 bits per heavy atom. The molecule has 0 aliphatic carbocycles. The molecule has 0 aromatic heterocycles. The van der Waals surface area contributed by atoms with Gasteiger partial charge in [-0.25, -0.2) is 0 Å². The number of nitrogens with one attached hydrogen (secondary N) is 1. The first-order chi connectivity index (χ1) is 12.2. The third-order valence-electron chi connectivity index (χ3n) is 4.26. The monoisotopic (exact) mass is 339 g/mol. The quantitative estimate of drug-likeness (QED) is 0.499. The van der Waals surface area contributed by atoms with Crippen molar-refractivity contribution in [2.45, 2.75) is 45.6 Å². The fourth-order valence-corrected chi connectivity index (χ4v) is 2.88. The van der Waals surface area contributed by atoms with Gasteiger partial charge >= 0.3 is 5.97 Å². The summed E-state index contributed by atoms with van der Waals surface area (Å²) in [6.45, 7) is 5.35. The zero-order chi connectivity index (χ0) is 17.9. The summed E-state index contributed by atoms with van der Waals surface area (Å²) in [7, 11) is 0. The summed E-state index contributed by atoms with van der Waals surface area (Å²) >= 11 is 0. The summed E-state index contributed by atoms with van der Waals surface area (Å²) in [4.78, 5) is 11.3. The number of unbranched alkanes of at least 4 members (excludes halogenated alkanes) is 2. The fourth-order valence-electron chi connectivity index (χ4n) is 2.88. The van der Waals surface area contributed by atoms with Gasteiger partial charge in [0.25, 0.3) is 0 Å². The van der Waals surface area contributed by atoms with Crippen molar-refractivity contribution in [3.05, 3.63) is 71.3 Å². The molecule has 1 N–H and O–H groups in total. The Hall–Kier alpha value is -2.13. The Morgan fingerprint density at radius 3 is 2.32 bits per heavy atom. The van der Waals surface area contributed by atoms with Crippen LogP contribution in [0.25, 0.3) is 0 Å². The molecular weight excluding hydrogens is 310 g/mol. The number of carbonyl (C=O) groups is 1. The predicted octanol–water partition coefficient (Wildman–Crippen LogP) is 4.80. The van der Waals surface area contributed by atoms with E-state index in [2.05, 4.69) is 60.8 Å². The van der Waals surface area contributed by atoms with Crippen molar-refractivity contribution < 1.29 is 9.53 Å². The molecule has 2 rings (SSSR count). The Balaban J connectivity index is 1.85. The van der Waals surface area contributed by atoms with Crippen LogP contribution in [0.15, 0.2) is 54.6 Å². The second-order valence-electron chi connectivity index (χ2n) is 6.32. The van der Waals surface area contributed by atoms with Crippen LogP contribution in [0.2, 0.25) is 0 Å². The molecular formula is C22H29NO2. The lowest BCUT2D eigenvalue weighted by Crippen LogP contribution is -2.23. The molecule has 0 radical (unpaired) electrons. The normalized spacial score (nSPS) is 11.9. The number of aryl methyl sites for hydroxylation is 1. The number of ether oxygens (including phenoxy) is 1. The summed E-state index contributed by atoms with van der Waals surface area (Å²) in [5, 5.41) is 3.67. The van der Waals surface area contributed by atoms with Crippen molar-refractivity contribution >= 4 is 5.97 Å². The molecule has 0 saturated carbocycles. The standard InChI is InChI=1S/C22H29NO2/c1-3-25-21(24)12-8-5-9-17-23-22(19-10-6-4-7-11-19)20-15-13-18(2)14-16-20/h4,6-7,10-11,13-16,22-23H,3,5,8-9,12,17H2,1-2H3/t22-/m1/s1. The van der Waals surface area contributed by atoms with Crippen LogP contribution in [0.3, 0.4) is 0 Å². The maximum absolute atomic E-state index is 11.3. The third-order valence-corrected chi connectivity index (χ3v) is 4.26. The van der Waals surface area contributed by atoms with E-state index in [4.69, 9.17) is 4.74 Å². The molecule has 0 fully saturated rings. The van der Waals surface area contributed by atoms with E-state index in [1.54, 1.807) is 0 Å². The van der Waals surface area contributed by atoms with Gasteiger partial charge in [-0.3, -0.25) is 4.79 Å². The van der Waals surface area contributed by atoms with Gasteiger partial charge in [0.15, 0.2) is 0 Å². The molecule has 1 atom stereocenters. The van der Waals surface area contributed by atoms with Crippen molar-refractivity contribution in [1.82, 2.24) is 5.32 Å². The van der Waals surface area contributed by atoms with E-state index in [1.807, 2.05) is 13.0 Å². The molecule has 25 heavy (non-hydrogen) atoms. The zero-order valence-corrected chi connectivity index (χ0v) is 15.3. The first-order valence-electron chi connectivity index (χ1n) is 9.21. The van der Waals surface area contributed by atoms with Gasteiger partial charge in [-0.1, -0.05) is 66.6 Å². The largest absolute Gasteiger partial charge is 0.466 e. The lowest BCUT2D eigenvalue weighted by Gasteiger charge is -2.20. The van der Waals surface area contributed by atoms with Crippen LogP contribution in [-0.4, -0.2) is 19.1 Å². The Morgan fingerprint density at radius 2 is 1.64 bits per heavy atom. The topological polar surface area (TPSA) is 38.3 Å². The zero-order valence-electron chi connectivity index (χ0n) is 15.3. The Bertz CT molecular complexity index is 622. The van der Waals surface area contributed by atoms with E-state index < -0.39 is 0 Å². The smallest absolute Gasteiger partial charge is 0.305 e. The van der Waals surface area contributed by atoms with E-state index in [1.165, 1.54) is 16.7 Å². The van der Waals surface area contributed by atoms with Gasteiger partial charge in [0.1, 0.15) is 0 Å². The van der Waals surface area contributed by atoms with Gasteiger partial charge in [0, 0.05) is 6.42 Å². The van der Waals surface area contributed by atoms with E-state index in [0.29, 0.717) is 13.0 Å². The molecule has 0 bridgehead atoms. The molecule has 2 aromatic carbocycles. The van der Waals surface area contributed by atoms with Gasteiger partial charge in [-0.2, -0.15) is 0 Å². The molecule has 0 aliphatic rings. The highest BCUT2D eigenvalue weighted by Crippen LogP contribution is 2.22. The third kappa shape index (κ3) is 6.71. The van der Waals surface area contributed by atoms with Crippen molar-refractivity contribution in [1.29, 1.82) is 0 Å². The van der Waals surface area contributed by atoms with E-state index >= 15 is 0 Å². The van der Waals surface area contributed by atoms with E-state index in [9.17, 15) is 4.79 Å². The lowest BCUT2D eigenvalue weighted by molar-refractivity contribution is -0.143. The molecule has 0 heterocycles. The number of carbonyl (C=O) groups excluding carboxylic acids is 1. The molecule has 0 amide bonds. The summed E-state index contributed by atoms with van der Waals surface area (Å²) in [6, 6.07) is 19.4. The lowest BCUT2D eigenvalue weighted by atomic mass is 9.97. The molecule has 0 unspecified atom stereocenters. The van der Waals surface area contributed by atoms with Crippen LogP contribution in [0.1, 0.15) is 55.3 Å². The van der Waals surface area contributed by atoms with Crippen LogP contribution in [-0.2, 0) is 9.53 Å². The molecule has 0 aliphatic heterocycles. The van der Waals surface area contributed by atoms with E-state index in [0.717, 1.165) is 25.8 Å². The maximum Gasteiger partial charge on any atom is 0.305 e. The van der Waals surface area contributed by atoms with Crippen molar-refractivity contribution in [3.8, 4) is 0 Å². The van der Waals surface area contributed by atoms with Crippen LogP contribution < -0.4 is 5.32 Å². The summed E-state index contributed by atoms with van der Waals surface area (Å²) in [6.07, 6.45) is 3.49. The minimum Gasteiger partial charge on any atom is -0.466 e. The van der Waals surface area contributed by atoms with Gasteiger partial charge in [-0.15, -0.1) is 0 Å². The first kappa shape index (κ1) is 19.2. The van der Waals surface area contributed by atoms with Crippen molar-refractivity contribution in [2.24, 2.45) is 0 Å². The molecule has 0 saturated heterocycles. The first-order valence-corrected chi connectivity index (χ1v) is 9.21. The van der Waals surface area contributed by atoms with Gasteiger partial charge < -0.3 is 10.1 Å². The van der Waals surface area contributed by atoms with Crippen molar-refractivity contribution in [2.75, 3.05) is 13.2 Å². The van der Waals surface area contributed by atoms with Gasteiger partial charge in [0.05, 0.1) is 12.6 Å². The van der Waals surface area contributed by atoms with Crippen LogP contribution in [0.5, 0.6) is 0 Å². The van der Waals surface area contributed by atoms with Crippen molar-refractivity contribution in [3.63, 3.8) is 0 Å². The highest BCUT2D eigenvalue weighted by Gasteiger charge is 2.12. The number of hydrogen-bond acceptors (Lipinski definition) is 3. The average molecular weight is 339 g/mol. The molecule has 134 valence electrons. The van der Waals surface area contributed by atoms with Gasteiger partial charge in [-0.05, 0) is 44.4 Å². The Kier molecular flexibility index (Phi) is 8.20. The highest BCUT2D eigenvalue weighted by molar-refractivity contribution is 5.69. The average Bonchev–Trinajstić information content (AvgIpc) is 2.63. The van der Waals surface area contributed by atoms with Crippen LogP contribution in [0.4, 0.5) is 0 Å². The summed E-state index contributed by atoms with van der Waals surface area (Å²) < 4.78 is 4.96. The number of esters is 1. The van der Waals surface area contributed by atoms with Crippen LogP contribution >= 0.6 is 0 Å². The number of rotatable bonds is 10. The number of benzene rings is 2. The SMILES string of the molecule is CCOC(=O)CCCCCN[C@H](c1ccccc1)c1ccc(C)cc1. The second-order valence-corrected chi connectivity index (χ2v) is 6.32. The fraction of sp³-hybridized carbons (Fsp3) is 0.409. The predicted molar refractivity (Wildman–Crippen MR) is 103 cm³/mol. The summed E-state index contributed by atoms with van der Waals surface area (Å²) in [5.41, 5.74) is 3.83. The van der Waals surface area contributed by atoms with Crippen LogP contribution in [0, 0.1) is 6.92 Å². The minimum absolute atomic E-state index is 0.0859. The minimum atomic E-state index is -0.0859. The maximum atomic E-state index is 11.3. The molecule has 3 heteroatoms. The molecule has 2 aromatic rings. The van der Waals surface area contributed by atoms with E-state index in [-0.39, 0.29) is 12.0 Å². The van der Waals surface area contributed by atoms with Gasteiger partial charge in [0.2, 0.25) is 0 Å². The highest BCUT2D eigenvalue weighted by atomic mass is 16.5. The number of hydrogen-bond donors (Lipinski definition) is 1.